The molecule has 2 atom stereocenters. The minimum Gasteiger partial charge on any atom is -0.396 e. The molecule has 0 aliphatic carbocycles. The van der Waals surface area contributed by atoms with Gasteiger partial charge in [0.15, 0.2) is 0 Å². The Hall–Kier alpha value is -1.46. The first-order chi connectivity index (χ1) is 11.6. The Morgan fingerprint density at radius 1 is 1.46 bits per heavy atom. The number of aryl methyl sites for hydroxylation is 1. The number of aliphatic hydroxyl groups excluding tert-OH is 2. The molecular weight excluding hydrogens is 304 g/mol. The fraction of sp³-hybridized carbons (Fsp3) is 0.684. The van der Waals surface area contributed by atoms with Gasteiger partial charge in [-0.3, -0.25) is 9.78 Å². The van der Waals surface area contributed by atoms with Gasteiger partial charge < -0.3 is 15.1 Å². The molecule has 1 fully saturated rings. The zero-order valence-corrected chi connectivity index (χ0v) is 14.7. The zero-order valence-electron chi connectivity index (χ0n) is 14.7. The number of unbranched alkanes of at least 4 members (excludes halogenated alkanes) is 1. The number of amides is 1. The van der Waals surface area contributed by atoms with Gasteiger partial charge in [-0.2, -0.15) is 0 Å². The van der Waals surface area contributed by atoms with Crippen LogP contribution < -0.4 is 0 Å². The molecule has 0 radical (unpaired) electrons. The van der Waals surface area contributed by atoms with Gasteiger partial charge in [-0.15, -0.1) is 0 Å². The monoisotopic (exact) mass is 334 g/mol. The summed E-state index contributed by atoms with van der Waals surface area (Å²) in [7, 11) is 0. The fourth-order valence-electron chi connectivity index (χ4n) is 3.65. The van der Waals surface area contributed by atoms with Crippen LogP contribution in [0.15, 0.2) is 24.5 Å². The number of rotatable bonds is 8. The topological polar surface area (TPSA) is 73.7 Å². The van der Waals surface area contributed by atoms with E-state index in [2.05, 4.69) is 11.1 Å². The third kappa shape index (κ3) is 4.77. The van der Waals surface area contributed by atoms with Crippen molar-refractivity contribution in [2.45, 2.75) is 58.0 Å². The van der Waals surface area contributed by atoms with E-state index >= 15 is 0 Å². The van der Waals surface area contributed by atoms with Crippen molar-refractivity contribution in [2.24, 2.45) is 5.41 Å². The molecule has 1 saturated heterocycles. The Labute approximate surface area is 144 Å². The highest BCUT2D eigenvalue weighted by atomic mass is 16.3. The molecule has 0 spiro atoms. The van der Waals surface area contributed by atoms with Crippen molar-refractivity contribution in [3.63, 3.8) is 0 Å². The van der Waals surface area contributed by atoms with Crippen LogP contribution in [0.4, 0.5) is 0 Å². The number of pyridine rings is 1. The predicted molar refractivity (Wildman–Crippen MR) is 93.4 cm³/mol. The lowest BCUT2D eigenvalue weighted by molar-refractivity contribution is -0.142. The van der Waals surface area contributed by atoms with Crippen LogP contribution in [0, 0.1) is 5.41 Å². The largest absolute Gasteiger partial charge is 0.396 e. The third-order valence-electron chi connectivity index (χ3n) is 5.13. The number of carbonyl (C=O) groups excluding carboxylic acids is 1. The molecule has 1 aromatic heterocycles. The van der Waals surface area contributed by atoms with Crippen molar-refractivity contribution in [2.75, 3.05) is 19.7 Å². The number of nitrogens with zero attached hydrogens (tertiary/aromatic N) is 2. The van der Waals surface area contributed by atoms with Crippen LogP contribution in [-0.2, 0) is 11.2 Å². The van der Waals surface area contributed by atoms with E-state index in [0.717, 1.165) is 32.1 Å². The second kappa shape index (κ2) is 9.14. The second-order valence-electron chi connectivity index (χ2n) is 6.96. The molecule has 5 nitrogen and oxygen atoms in total. The molecule has 2 N–H and O–H groups in total. The minimum absolute atomic E-state index is 0.0627. The number of hydrogen-bond donors (Lipinski definition) is 2. The smallest absolute Gasteiger partial charge is 0.222 e. The Morgan fingerprint density at radius 3 is 2.96 bits per heavy atom. The molecule has 0 aromatic carbocycles. The fourth-order valence-corrected chi connectivity index (χ4v) is 3.65. The number of likely N-dealkylation sites (tertiary alicyclic amines) is 1. The van der Waals surface area contributed by atoms with Gasteiger partial charge >= 0.3 is 0 Å². The summed E-state index contributed by atoms with van der Waals surface area (Å²) in [6, 6.07) is 3.99. The molecule has 1 aromatic rings. The average Bonchev–Trinajstić information content (AvgIpc) is 2.61. The van der Waals surface area contributed by atoms with E-state index in [1.807, 2.05) is 24.1 Å². The van der Waals surface area contributed by atoms with E-state index in [-0.39, 0.29) is 12.5 Å². The number of hydrogen-bond acceptors (Lipinski definition) is 4. The standard InChI is InChI=1S/C19H30N2O3/c1-2-10-19(15-22)14-21(12-9-17(19)23)18(24)8-4-3-6-16-7-5-11-20-13-16/h5,7,11,13,17,22-23H,2-4,6,8-10,12,14-15H2,1H3/t17-,19+/m1/s1. The van der Waals surface area contributed by atoms with Crippen LogP contribution in [0.25, 0.3) is 0 Å². The Balaban J connectivity index is 1.79. The minimum atomic E-state index is -0.543. The van der Waals surface area contributed by atoms with Crippen molar-refractivity contribution in [3.05, 3.63) is 30.1 Å². The van der Waals surface area contributed by atoms with Crippen LogP contribution in [0.3, 0.4) is 0 Å². The average molecular weight is 334 g/mol. The summed E-state index contributed by atoms with van der Waals surface area (Å²) in [5.74, 6) is 0.141. The first-order valence-corrected chi connectivity index (χ1v) is 9.07. The van der Waals surface area contributed by atoms with Crippen molar-refractivity contribution < 1.29 is 15.0 Å². The molecular formula is C19H30N2O3. The summed E-state index contributed by atoms with van der Waals surface area (Å²) >= 11 is 0. The summed E-state index contributed by atoms with van der Waals surface area (Å²) in [5, 5.41) is 20.1. The van der Waals surface area contributed by atoms with Crippen LogP contribution in [0.5, 0.6) is 0 Å². The van der Waals surface area contributed by atoms with Gasteiger partial charge in [-0.05, 0) is 43.7 Å². The highest BCUT2D eigenvalue weighted by Crippen LogP contribution is 2.35. The number of piperidine rings is 1. The molecule has 24 heavy (non-hydrogen) atoms. The Kier molecular flexibility index (Phi) is 7.18. The van der Waals surface area contributed by atoms with E-state index in [1.165, 1.54) is 5.56 Å². The molecule has 1 aliphatic heterocycles. The first-order valence-electron chi connectivity index (χ1n) is 9.07. The highest BCUT2D eigenvalue weighted by Gasteiger charge is 2.42. The summed E-state index contributed by atoms with van der Waals surface area (Å²) in [4.78, 5) is 18.4. The Morgan fingerprint density at radius 2 is 2.29 bits per heavy atom. The van der Waals surface area contributed by atoms with E-state index in [1.54, 1.807) is 6.20 Å². The zero-order chi connectivity index (χ0) is 17.4. The normalized spacial score (nSPS) is 24.1. The van der Waals surface area contributed by atoms with Crippen molar-refractivity contribution in [1.82, 2.24) is 9.88 Å². The van der Waals surface area contributed by atoms with Crippen molar-refractivity contribution in [1.29, 1.82) is 0 Å². The van der Waals surface area contributed by atoms with Crippen molar-refractivity contribution in [3.8, 4) is 0 Å². The van der Waals surface area contributed by atoms with Gasteiger partial charge in [0.2, 0.25) is 5.91 Å². The molecule has 2 heterocycles. The SMILES string of the molecule is CCC[C@@]1(CO)CN(C(=O)CCCCc2cccnc2)CC[C@H]1O. The Bertz CT molecular complexity index is 509. The van der Waals surface area contributed by atoms with Gasteiger partial charge in [0.05, 0.1) is 12.7 Å². The molecule has 2 rings (SSSR count). The predicted octanol–water partition coefficient (Wildman–Crippen LogP) is 2.17. The molecule has 0 bridgehead atoms. The molecule has 134 valence electrons. The maximum absolute atomic E-state index is 12.5. The van der Waals surface area contributed by atoms with E-state index < -0.39 is 11.5 Å². The lowest BCUT2D eigenvalue weighted by Crippen LogP contribution is -2.55. The number of aliphatic hydroxyl groups is 2. The lowest BCUT2D eigenvalue weighted by atomic mass is 9.74. The maximum Gasteiger partial charge on any atom is 0.222 e. The molecule has 0 saturated carbocycles. The van der Waals surface area contributed by atoms with E-state index in [0.29, 0.717) is 25.9 Å². The van der Waals surface area contributed by atoms with Gasteiger partial charge in [0.1, 0.15) is 0 Å². The van der Waals surface area contributed by atoms with Crippen molar-refractivity contribution >= 4 is 5.91 Å². The second-order valence-corrected chi connectivity index (χ2v) is 6.96. The van der Waals surface area contributed by atoms with Crippen LogP contribution in [0.1, 0.15) is 51.0 Å². The molecule has 0 unspecified atom stereocenters. The van der Waals surface area contributed by atoms with Crippen LogP contribution in [0.2, 0.25) is 0 Å². The molecule has 1 aliphatic rings. The summed E-state index contributed by atoms with van der Waals surface area (Å²) in [6.45, 7) is 3.05. The van der Waals surface area contributed by atoms with Crippen LogP contribution >= 0.6 is 0 Å². The van der Waals surface area contributed by atoms with Gasteiger partial charge in [-0.25, -0.2) is 0 Å². The summed E-state index contributed by atoms with van der Waals surface area (Å²) in [6.07, 6.45) is 8.61. The summed E-state index contributed by atoms with van der Waals surface area (Å²) < 4.78 is 0. The quantitative estimate of drug-likeness (QED) is 0.715. The van der Waals surface area contributed by atoms with E-state index in [4.69, 9.17) is 0 Å². The highest BCUT2D eigenvalue weighted by molar-refractivity contribution is 5.76. The number of aromatic nitrogens is 1. The summed E-state index contributed by atoms with van der Waals surface area (Å²) in [5.41, 5.74) is 0.659. The maximum atomic E-state index is 12.5. The lowest BCUT2D eigenvalue weighted by Gasteiger charge is -2.45. The van der Waals surface area contributed by atoms with E-state index in [9.17, 15) is 15.0 Å². The van der Waals surface area contributed by atoms with Crippen LogP contribution in [-0.4, -0.2) is 51.8 Å². The van der Waals surface area contributed by atoms with Gasteiger partial charge in [0.25, 0.3) is 0 Å². The molecule has 5 heteroatoms. The number of carbonyl (C=O) groups is 1. The van der Waals surface area contributed by atoms with Gasteiger partial charge in [0, 0.05) is 37.3 Å². The molecule has 1 amide bonds. The third-order valence-corrected chi connectivity index (χ3v) is 5.13. The first kappa shape index (κ1) is 18.9. The van der Waals surface area contributed by atoms with Gasteiger partial charge in [-0.1, -0.05) is 19.4 Å².